The Labute approximate surface area is 168 Å². The highest BCUT2D eigenvalue weighted by Gasteiger charge is 2.28. The van der Waals surface area contributed by atoms with E-state index in [0.717, 1.165) is 52.0 Å². The number of sulfone groups is 1. The Morgan fingerprint density at radius 2 is 1.89 bits per heavy atom. The number of amides is 1. The van der Waals surface area contributed by atoms with Crippen LogP contribution in [-0.2, 0) is 9.84 Å². The summed E-state index contributed by atoms with van der Waals surface area (Å²) in [4.78, 5) is 23.9. The lowest BCUT2D eigenvalue weighted by Gasteiger charge is -2.10. The summed E-state index contributed by atoms with van der Waals surface area (Å²) >= 11 is 1.36. The Bertz CT molecular complexity index is 1230. The molecular formula is C20H21N3O3S2. The van der Waals surface area contributed by atoms with Crippen molar-refractivity contribution < 1.29 is 13.2 Å². The first kappa shape index (κ1) is 19.0. The number of hydrogen-bond acceptors (Lipinski definition) is 6. The van der Waals surface area contributed by atoms with Crippen LogP contribution in [0.2, 0.25) is 0 Å². The summed E-state index contributed by atoms with van der Waals surface area (Å²) in [6.07, 6.45) is 3.40. The fourth-order valence-corrected chi connectivity index (χ4v) is 5.03. The van der Waals surface area contributed by atoms with Gasteiger partial charge in [-0.1, -0.05) is 6.07 Å². The number of nitrogens with one attached hydrogen (secondary N) is 1. The van der Waals surface area contributed by atoms with E-state index in [9.17, 15) is 13.2 Å². The van der Waals surface area contributed by atoms with Gasteiger partial charge in [-0.2, -0.15) is 0 Å². The maximum Gasteiger partial charge on any atom is 0.266 e. The van der Waals surface area contributed by atoms with Gasteiger partial charge in [0.2, 0.25) is 0 Å². The number of anilines is 1. The second-order valence-corrected chi connectivity index (χ2v) is 10.4. The van der Waals surface area contributed by atoms with Crippen LogP contribution in [0.5, 0.6) is 0 Å². The number of aryl methyl sites for hydroxylation is 3. The highest BCUT2D eigenvalue weighted by molar-refractivity contribution is 7.90. The van der Waals surface area contributed by atoms with Crippen LogP contribution in [0.3, 0.4) is 0 Å². The molecule has 2 aromatic heterocycles. The third-order valence-electron chi connectivity index (χ3n) is 5.02. The molecule has 0 unspecified atom stereocenters. The van der Waals surface area contributed by atoms with E-state index in [4.69, 9.17) is 0 Å². The Hall–Kier alpha value is -2.32. The van der Waals surface area contributed by atoms with E-state index in [-0.39, 0.29) is 10.8 Å². The van der Waals surface area contributed by atoms with Crippen LogP contribution in [0, 0.1) is 20.8 Å². The third-order valence-corrected chi connectivity index (χ3v) is 7.32. The van der Waals surface area contributed by atoms with Crippen molar-refractivity contribution in [2.24, 2.45) is 0 Å². The number of carbonyl (C=O) groups excluding carboxylic acids is 1. The molecule has 1 saturated carbocycles. The first-order valence-corrected chi connectivity index (χ1v) is 11.8. The molecule has 0 bridgehead atoms. The minimum Gasteiger partial charge on any atom is -0.321 e. The summed E-state index contributed by atoms with van der Waals surface area (Å²) in [6, 6.07) is 4.74. The van der Waals surface area contributed by atoms with Crippen molar-refractivity contribution in [2.75, 3.05) is 11.6 Å². The zero-order valence-electron chi connectivity index (χ0n) is 16.2. The molecule has 2 heterocycles. The maximum absolute atomic E-state index is 13.0. The molecule has 0 aliphatic heterocycles. The highest BCUT2D eigenvalue weighted by Crippen LogP contribution is 2.40. The van der Waals surface area contributed by atoms with Crippen molar-refractivity contribution in [3.05, 3.63) is 45.7 Å². The van der Waals surface area contributed by atoms with E-state index in [1.165, 1.54) is 17.4 Å². The van der Waals surface area contributed by atoms with Gasteiger partial charge in [0, 0.05) is 23.2 Å². The van der Waals surface area contributed by atoms with Crippen LogP contribution in [0.1, 0.15) is 51.1 Å². The van der Waals surface area contributed by atoms with Gasteiger partial charge >= 0.3 is 0 Å². The summed E-state index contributed by atoms with van der Waals surface area (Å²) in [5.74, 6) is 1.06. The molecule has 0 spiro atoms. The van der Waals surface area contributed by atoms with Gasteiger partial charge in [-0.25, -0.2) is 18.4 Å². The maximum atomic E-state index is 13.0. The lowest BCUT2D eigenvalue weighted by atomic mass is 10.1. The predicted molar refractivity (Wildman–Crippen MR) is 111 cm³/mol. The standard InChI is InChI=1S/C20H21N3O3S2/c1-10-5-8-14(28(4,25)26)9-15(10)22-19(24)17-11(2)16-12(3)21-18(13-6-7-13)23-20(16)27-17/h5,8-9,13H,6-7H2,1-4H3,(H,22,24). The van der Waals surface area contributed by atoms with Crippen LogP contribution in [0.25, 0.3) is 10.2 Å². The summed E-state index contributed by atoms with van der Waals surface area (Å²) in [7, 11) is -3.35. The van der Waals surface area contributed by atoms with E-state index in [0.29, 0.717) is 16.5 Å². The minimum absolute atomic E-state index is 0.178. The lowest BCUT2D eigenvalue weighted by Crippen LogP contribution is -2.13. The average molecular weight is 416 g/mol. The Balaban J connectivity index is 1.72. The molecule has 1 aliphatic carbocycles. The van der Waals surface area contributed by atoms with Crippen LogP contribution >= 0.6 is 11.3 Å². The molecule has 4 rings (SSSR count). The molecule has 1 N–H and O–H groups in total. The normalized spacial score (nSPS) is 14.4. The quantitative estimate of drug-likeness (QED) is 0.691. The fraction of sp³-hybridized carbons (Fsp3) is 0.350. The molecule has 1 fully saturated rings. The topological polar surface area (TPSA) is 89.0 Å². The molecule has 1 amide bonds. The van der Waals surface area contributed by atoms with Gasteiger partial charge < -0.3 is 5.32 Å². The summed E-state index contributed by atoms with van der Waals surface area (Å²) < 4.78 is 23.7. The molecule has 3 aromatic rings. The number of benzene rings is 1. The van der Waals surface area contributed by atoms with Crippen LogP contribution in [0.15, 0.2) is 23.1 Å². The van der Waals surface area contributed by atoms with Crippen molar-refractivity contribution >= 4 is 43.0 Å². The number of rotatable bonds is 4. The lowest BCUT2D eigenvalue weighted by molar-refractivity contribution is 0.103. The van der Waals surface area contributed by atoms with E-state index in [1.807, 2.05) is 20.8 Å². The number of fused-ring (bicyclic) bond motifs is 1. The van der Waals surface area contributed by atoms with Crippen LogP contribution in [0.4, 0.5) is 5.69 Å². The van der Waals surface area contributed by atoms with Gasteiger partial charge in [0.05, 0.1) is 15.5 Å². The monoisotopic (exact) mass is 415 g/mol. The van der Waals surface area contributed by atoms with Gasteiger partial charge in [0.25, 0.3) is 5.91 Å². The first-order valence-electron chi connectivity index (χ1n) is 9.05. The molecule has 1 aliphatic rings. The van der Waals surface area contributed by atoms with Gasteiger partial charge in [-0.05, 0) is 56.9 Å². The number of hydrogen-bond donors (Lipinski definition) is 1. The van der Waals surface area contributed by atoms with E-state index in [2.05, 4.69) is 15.3 Å². The molecule has 146 valence electrons. The molecule has 0 radical (unpaired) electrons. The first-order chi connectivity index (χ1) is 13.1. The predicted octanol–water partition coefficient (Wildman–Crippen LogP) is 4.15. The number of nitrogens with zero attached hydrogens (tertiary/aromatic N) is 2. The molecule has 8 heteroatoms. The van der Waals surface area contributed by atoms with Gasteiger partial charge in [0.1, 0.15) is 10.7 Å². The summed E-state index contributed by atoms with van der Waals surface area (Å²) in [6.45, 7) is 5.69. The van der Waals surface area contributed by atoms with Gasteiger partial charge in [-0.3, -0.25) is 4.79 Å². The molecular weight excluding hydrogens is 394 g/mol. The number of carbonyl (C=O) groups is 1. The molecule has 6 nitrogen and oxygen atoms in total. The van der Waals surface area contributed by atoms with Crippen molar-refractivity contribution in [3.8, 4) is 0 Å². The Morgan fingerprint density at radius 3 is 2.54 bits per heavy atom. The second kappa shape index (κ2) is 6.63. The van der Waals surface area contributed by atoms with E-state index in [1.54, 1.807) is 12.1 Å². The highest BCUT2D eigenvalue weighted by atomic mass is 32.2. The molecule has 0 saturated heterocycles. The third kappa shape index (κ3) is 3.42. The fourth-order valence-electron chi connectivity index (χ4n) is 3.25. The van der Waals surface area contributed by atoms with Crippen molar-refractivity contribution in [1.82, 2.24) is 9.97 Å². The summed E-state index contributed by atoms with van der Waals surface area (Å²) in [5, 5.41) is 3.80. The smallest absolute Gasteiger partial charge is 0.266 e. The SMILES string of the molecule is Cc1ccc(S(C)(=O)=O)cc1NC(=O)c1sc2nc(C3CC3)nc(C)c2c1C. The Kier molecular flexibility index (Phi) is 4.50. The average Bonchev–Trinajstić information content (AvgIpc) is 3.40. The van der Waals surface area contributed by atoms with Crippen molar-refractivity contribution in [3.63, 3.8) is 0 Å². The minimum atomic E-state index is -3.35. The zero-order valence-corrected chi connectivity index (χ0v) is 17.8. The van der Waals surface area contributed by atoms with Crippen LogP contribution in [-0.4, -0.2) is 30.5 Å². The molecule has 1 aromatic carbocycles. The van der Waals surface area contributed by atoms with Gasteiger partial charge in [0.15, 0.2) is 9.84 Å². The largest absolute Gasteiger partial charge is 0.321 e. The Morgan fingerprint density at radius 1 is 1.18 bits per heavy atom. The van der Waals surface area contributed by atoms with E-state index < -0.39 is 9.84 Å². The summed E-state index contributed by atoms with van der Waals surface area (Å²) in [5.41, 5.74) is 3.04. The van der Waals surface area contributed by atoms with Gasteiger partial charge in [-0.15, -0.1) is 11.3 Å². The molecule has 28 heavy (non-hydrogen) atoms. The molecule has 0 atom stereocenters. The number of thiophene rings is 1. The number of aromatic nitrogens is 2. The van der Waals surface area contributed by atoms with Crippen molar-refractivity contribution in [2.45, 2.75) is 44.4 Å². The second-order valence-electron chi connectivity index (χ2n) is 7.38. The zero-order chi connectivity index (χ0) is 20.2. The van der Waals surface area contributed by atoms with Crippen LogP contribution < -0.4 is 5.32 Å². The van der Waals surface area contributed by atoms with Crippen molar-refractivity contribution in [1.29, 1.82) is 0 Å². The van der Waals surface area contributed by atoms with E-state index >= 15 is 0 Å².